The van der Waals surface area contributed by atoms with Crippen molar-refractivity contribution in [3.8, 4) is 11.6 Å². The largest absolute Gasteiger partial charge is 0.493 e. The van der Waals surface area contributed by atoms with E-state index in [0.29, 0.717) is 18.0 Å². The number of fused-ring (bicyclic) bond motifs is 1. The number of hydrogen-bond acceptors (Lipinski definition) is 4. The van der Waals surface area contributed by atoms with Crippen LogP contribution in [0.4, 0.5) is 5.69 Å². The second kappa shape index (κ2) is 7.70. The molecule has 0 atom stereocenters. The molecule has 26 heavy (non-hydrogen) atoms. The molecule has 1 N–H and O–H groups in total. The Kier molecular flexibility index (Phi) is 5.37. The van der Waals surface area contributed by atoms with Gasteiger partial charge in [-0.05, 0) is 54.0 Å². The first-order valence-electron chi connectivity index (χ1n) is 8.15. The van der Waals surface area contributed by atoms with Crippen LogP contribution >= 0.6 is 15.9 Å². The van der Waals surface area contributed by atoms with Gasteiger partial charge in [0.15, 0.2) is 12.3 Å². The zero-order valence-electron chi connectivity index (χ0n) is 14.4. The number of para-hydroxylation sites is 1. The van der Waals surface area contributed by atoms with Gasteiger partial charge in [-0.1, -0.05) is 23.8 Å². The molecule has 0 saturated heterocycles. The molecule has 0 unspecified atom stereocenters. The molecule has 0 bridgehead atoms. The zero-order valence-corrected chi connectivity index (χ0v) is 16.0. The number of amides is 1. The maximum absolute atomic E-state index is 12.0. The Balaban J connectivity index is 1.82. The van der Waals surface area contributed by atoms with Crippen LogP contribution in [0.2, 0.25) is 0 Å². The number of carbonyl (C=O) groups excluding carboxylic acids is 1. The number of rotatable bonds is 5. The maximum atomic E-state index is 12.0. The van der Waals surface area contributed by atoms with E-state index in [-0.39, 0.29) is 12.5 Å². The lowest BCUT2D eigenvalue weighted by Crippen LogP contribution is -2.08. The molecule has 0 spiro atoms. The van der Waals surface area contributed by atoms with Crippen LogP contribution in [0.25, 0.3) is 10.9 Å². The third kappa shape index (κ3) is 3.62. The summed E-state index contributed by atoms with van der Waals surface area (Å²) >= 11 is 3.35. The van der Waals surface area contributed by atoms with E-state index in [1.54, 1.807) is 10.6 Å². The van der Waals surface area contributed by atoms with Crippen molar-refractivity contribution >= 4 is 38.4 Å². The van der Waals surface area contributed by atoms with Crippen LogP contribution in [0.5, 0.6) is 11.6 Å². The molecule has 0 fully saturated rings. The van der Waals surface area contributed by atoms with E-state index >= 15 is 0 Å². The van der Waals surface area contributed by atoms with Crippen molar-refractivity contribution in [3.63, 3.8) is 0 Å². The average Bonchev–Trinajstić information content (AvgIpc) is 2.89. The Bertz CT molecular complexity index is 995. The summed E-state index contributed by atoms with van der Waals surface area (Å²) in [7, 11) is 0. The van der Waals surface area contributed by atoms with E-state index in [2.05, 4.69) is 26.2 Å². The quantitative estimate of drug-likeness (QED) is 0.586. The highest BCUT2D eigenvalue weighted by Gasteiger charge is 2.16. The fraction of sp³-hybridized carbons (Fsp3) is 0.211. The summed E-state index contributed by atoms with van der Waals surface area (Å²) in [5.41, 5.74) is 2.17. The Morgan fingerprint density at radius 2 is 2.04 bits per heavy atom. The highest BCUT2D eigenvalue weighted by molar-refractivity contribution is 9.10. The van der Waals surface area contributed by atoms with Gasteiger partial charge in [0.1, 0.15) is 5.75 Å². The van der Waals surface area contributed by atoms with Crippen molar-refractivity contribution in [1.82, 2.24) is 4.57 Å². The third-order valence-electron chi connectivity index (χ3n) is 3.93. The van der Waals surface area contributed by atoms with Crippen molar-refractivity contribution < 1.29 is 14.6 Å². The van der Waals surface area contributed by atoms with Gasteiger partial charge >= 0.3 is 5.91 Å². The van der Waals surface area contributed by atoms with E-state index in [4.69, 9.17) is 4.74 Å². The minimum atomic E-state index is -0.537. The van der Waals surface area contributed by atoms with E-state index in [1.807, 2.05) is 50.2 Å². The third-order valence-corrected chi connectivity index (χ3v) is 4.59. The van der Waals surface area contributed by atoms with Crippen molar-refractivity contribution in [1.29, 1.82) is 0 Å². The van der Waals surface area contributed by atoms with Gasteiger partial charge in [-0.15, -0.1) is 10.2 Å². The van der Waals surface area contributed by atoms with Crippen LogP contribution in [0.1, 0.15) is 12.5 Å². The first-order valence-corrected chi connectivity index (χ1v) is 8.94. The van der Waals surface area contributed by atoms with Gasteiger partial charge in [0, 0.05) is 11.9 Å². The maximum Gasteiger partial charge on any atom is 0.302 e. The SMILES string of the molecule is CCn1c(O)c(N=NC(=O)COc2ccccc2Br)c2cc(C)ccc21. The Labute approximate surface area is 159 Å². The number of halogens is 1. The molecular weight excluding hydrogens is 398 g/mol. The summed E-state index contributed by atoms with van der Waals surface area (Å²) in [6.45, 7) is 4.23. The molecule has 3 rings (SSSR count). The molecule has 0 aliphatic heterocycles. The highest BCUT2D eigenvalue weighted by Crippen LogP contribution is 2.39. The first-order chi connectivity index (χ1) is 12.5. The number of aromatic hydroxyl groups is 1. The molecule has 7 heteroatoms. The smallest absolute Gasteiger partial charge is 0.302 e. The molecule has 0 aliphatic rings. The number of carbonyl (C=O) groups is 1. The molecule has 2 aromatic carbocycles. The Morgan fingerprint density at radius 1 is 1.27 bits per heavy atom. The van der Waals surface area contributed by atoms with Crippen LogP contribution < -0.4 is 4.74 Å². The minimum absolute atomic E-state index is 0.00336. The molecule has 0 aliphatic carbocycles. The average molecular weight is 416 g/mol. The number of benzene rings is 2. The minimum Gasteiger partial charge on any atom is -0.493 e. The van der Waals surface area contributed by atoms with E-state index < -0.39 is 5.91 Å². The second-order valence-electron chi connectivity index (χ2n) is 5.75. The molecule has 6 nitrogen and oxygen atoms in total. The van der Waals surface area contributed by atoms with Crippen LogP contribution in [0.3, 0.4) is 0 Å². The summed E-state index contributed by atoms with van der Waals surface area (Å²) in [5.74, 6) is 0.0127. The van der Waals surface area contributed by atoms with Crippen molar-refractivity contribution in [2.75, 3.05) is 6.61 Å². The number of azo groups is 1. The predicted molar refractivity (Wildman–Crippen MR) is 103 cm³/mol. The number of nitrogens with zero attached hydrogens (tertiary/aromatic N) is 3. The molecule has 134 valence electrons. The zero-order chi connectivity index (χ0) is 18.7. The van der Waals surface area contributed by atoms with Crippen molar-refractivity contribution in [2.45, 2.75) is 20.4 Å². The lowest BCUT2D eigenvalue weighted by molar-refractivity contribution is -0.120. The fourth-order valence-electron chi connectivity index (χ4n) is 2.69. The number of hydrogen-bond donors (Lipinski definition) is 1. The van der Waals surface area contributed by atoms with Crippen LogP contribution in [0.15, 0.2) is 57.2 Å². The van der Waals surface area contributed by atoms with Gasteiger partial charge < -0.3 is 14.4 Å². The van der Waals surface area contributed by atoms with E-state index in [1.165, 1.54) is 0 Å². The molecule has 1 aromatic heterocycles. The normalized spacial score (nSPS) is 11.3. The highest BCUT2D eigenvalue weighted by atomic mass is 79.9. The standard InChI is InChI=1S/C19H18BrN3O3/c1-3-23-15-9-8-12(2)10-13(15)18(19(23)25)22-21-17(24)11-26-16-7-5-4-6-14(16)20/h4-10,25H,3,11H2,1-2H3. The number of aromatic nitrogens is 1. The lowest BCUT2D eigenvalue weighted by Gasteiger charge is -2.04. The van der Waals surface area contributed by atoms with Gasteiger partial charge in [0.25, 0.3) is 0 Å². The van der Waals surface area contributed by atoms with Gasteiger partial charge in [0.05, 0.1) is 9.99 Å². The van der Waals surface area contributed by atoms with E-state index in [9.17, 15) is 9.90 Å². The fourth-order valence-corrected chi connectivity index (χ4v) is 3.09. The molecule has 1 amide bonds. The summed E-state index contributed by atoms with van der Waals surface area (Å²) in [5, 5.41) is 18.9. The Morgan fingerprint density at radius 3 is 2.77 bits per heavy atom. The van der Waals surface area contributed by atoms with E-state index in [0.717, 1.165) is 20.9 Å². The van der Waals surface area contributed by atoms with Crippen LogP contribution in [0, 0.1) is 6.92 Å². The topological polar surface area (TPSA) is 76.2 Å². The molecule has 0 radical (unpaired) electrons. The monoisotopic (exact) mass is 415 g/mol. The molecule has 1 heterocycles. The van der Waals surface area contributed by atoms with Crippen LogP contribution in [-0.2, 0) is 11.3 Å². The summed E-state index contributed by atoms with van der Waals surface area (Å²) < 4.78 is 7.91. The first kappa shape index (κ1) is 18.1. The van der Waals surface area contributed by atoms with Crippen molar-refractivity contribution in [2.24, 2.45) is 10.2 Å². The summed E-state index contributed by atoms with van der Waals surface area (Å²) in [4.78, 5) is 12.0. The summed E-state index contributed by atoms with van der Waals surface area (Å²) in [6, 6.07) is 13.0. The second-order valence-corrected chi connectivity index (χ2v) is 6.60. The summed E-state index contributed by atoms with van der Waals surface area (Å²) in [6.07, 6.45) is 0. The van der Waals surface area contributed by atoms with Gasteiger partial charge in [0.2, 0.25) is 5.88 Å². The van der Waals surface area contributed by atoms with Crippen molar-refractivity contribution in [3.05, 3.63) is 52.5 Å². The molecule has 3 aromatic rings. The lowest BCUT2D eigenvalue weighted by atomic mass is 10.1. The van der Waals surface area contributed by atoms with Gasteiger partial charge in [-0.3, -0.25) is 4.79 Å². The van der Waals surface area contributed by atoms with Crippen LogP contribution in [-0.4, -0.2) is 22.2 Å². The van der Waals surface area contributed by atoms with Gasteiger partial charge in [-0.2, -0.15) is 0 Å². The number of aryl methyl sites for hydroxylation is 2. The molecular formula is C19H18BrN3O3. The predicted octanol–water partition coefficient (Wildman–Crippen LogP) is 5.13. The number of ether oxygens (including phenoxy) is 1. The Hall–Kier alpha value is -2.67. The van der Waals surface area contributed by atoms with Gasteiger partial charge in [-0.25, -0.2) is 0 Å². The molecule has 0 saturated carbocycles.